The van der Waals surface area contributed by atoms with Gasteiger partial charge < -0.3 is 24.9 Å². The Hall–Kier alpha value is -2.87. The summed E-state index contributed by atoms with van der Waals surface area (Å²) in [6.45, 7) is 3.64. The molecule has 0 radical (unpaired) electrons. The van der Waals surface area contributed by atoms with Crippen LogP contribution in [0.15, 0.2) is 47.1 Å². The maximum Gasteiger partial charge on any atom is 0.309 e. The van der Waals surface area contributed by atoms with Gasteiger partial charge in [0.1, 0.15) is 5.82 Å². The number of carbonyl (C=O) groups is 2. The van der Waals surface area contributed by atoms with E-state index in [1.54, 1.807) is 18.4 Å². The van der Waals surface area contributed by atoms with E-state index in [1.807, 2.05) is 12.1 Å². The first-order valence-corrected chi connectivity index (χ1v) is 10.1. The van der Waals surface area contributed by atoms with E-state index < -0.39 is 11.8 Å². The lowest BCUT2D eigenvalue weighted by molar-refractivity contribution is -0.932. The van der Waals surface area contributed by atoms with Crippen molar-refractivity contribution in [2.24, 2.45) is 0 Å². The number of rotatable bonds is 6. The number of furan rings is 1. The van der Waals surface area contributed by atoms with Gasteiger partial charge >= 0.3 is 11.8 Å². The van der Waals surface area contributed by atoms with Crippen LogP contribution < -0.4 is 20.4 Å². The lowest BCUT2D eigenvalue weighted by Gasteiger charge is -2.37. The summed E-state index contributed by atoms with van der Waals surface area (Å²) in [5, 5.41) is 5.47. The van der Waals surface area contributed by atoms with Gasteiger partial charge in [-0.1, -0.05) is 0 Å². The number of anilines is 1. The minimum absolute atomic E-state index is 0.0713. The number of hydrogen-bond acceptors (Lipinski definition) is 4. The quantitative estimate of drug-likeness (QED) is 0.607. The van der Waals surface area contributed by atoms with Gasteiger partial charge in [-0.25, -0.2) is 4.39 Å². The van der Waals surface area contributed by atoms with Gasteiger partial charge in [0.05, 0.1) is 39.0 Å². The number of piperazine rings is 1. The molecule has 4 rings (SSSR count). The predicted molar refractivity (Wildman–Crippen MR) is 105 cm³/mol. The summed E-state index contributed by atoms with van der Waals surface area (Å²) >= 11 is 0. The van der Waals surface area contributed by atoms with Gasteiger partial charge in [-0.05, 0) is 49.2 Å². The van der Waals surface area contributed by atoms with Crippen LogP contribution in [0, 0.1) is 5.82 Å². The molecular formula is C21H26FN4O3+. The number of amides is 2. The second kappa shape index (κ2) is 8.65. The van der Waals surface area contributed by atoms with E-state index in [9.17, 15) is 14.0 Å². The first-order valence-electron chi connectivity index (χ1n) is 10.1. The minimum atomic E-state index is -0.599. The third kappa shape index (κ3) is 4.95. The van der Waals surface area contributed by atoms with Crippen molar-refractivity contribution in [3.8, 4) is 0 Å². The van der Waals surface area contributed by atoms with Gasteiger partial charge in [-0.15, -0.1) is 0 Å². The van der Waals surface area contributed by atoms with Crippen LogP contribution >= 0.6 is 0 Å². The second-order valence-electron chi connectivity index (χ2n) is 7.65. The standard InChI is InChI=1S/C21H25FN4O3/c22-15-3-7-17(8-4-15)25-9-11-26(12-10-25)18(19-2-1-13-29-19)14-23-20(27)21(28)24-16-5-6-16/h1-4,7-8,13,16,18H,5-6,9-12,14H2,(H,23,27)(H,24,28)/p+1/t18-/m0/s1. The van der Waals surface area contributed by atoms with Gasteiger partial charge in [-0.2, -0.15) is 0 Å². The maximum atomic E-state index is 13.2. The zero-order valence-electron chi connectivity index (χ0n) is 16.2. The highest BCUT2D eigenvalue weighted by Crippen LogP contribution is 2.18. The van der Waals surface area contributed by atoms with Crippen molar-refractivity contribution in [3.05, 3.63) is 54.2 Å². The van der Waals surface area contributed by atoms with Gasteiger partial charge in [0.15, 0.2) is 11.8 Å². The molecule has 1 saturated heterocycles. The number of benzene rings is 1. The second-order valence-corrected chi connectivity index (χ2v) is 7.65. The summed E-state index contributed by atoms with van der Waals surface area (Å²) in [4.78, 5) is 27.5. The molecule has 29 heavy (non-hydrogen) atoms. The molecule has 1 aromatic carbocycles. The summed E-state index contributed by atoms with van der Waals surface area (Å²) in [5.74, 6) is -0.616. The SMILES string of the molecule is O=C(NC[C@@H](c1ccco1)[NH+]1CCN(c2ccc(F)cc2)CC1)C(=O)NC1CC1. The molecule has 7 nitrogen and oxygen atoms in total. The molecule has 2 amide bonds. The normalized spacial score (nSPS) is 18.3. The zero-order chi connectivity index (χ0) is 20.2. The highest BCUT2D eigenvalue weighted by atomic mass is 19.1. The van der Waals surface area contributed by atoms with E-state index in [1.165, 1.54) is 17.0 Å². The monoisotopic (exact) mass is 401 g/mol. The molecule has 0 spiro atoms. The zero-order valence-corrected chi connectivity index (χ0v) is 16.2. The molecule has 8 heteroatoms. The molecule has 1 aliphatic heterocycles. The van der Waals surface area contributed by atoms with Crippen LogP contribution in [-0.4, -0.2) is 50.6 Å². The van der Waals surface area contributed by atoms with Crippen LogP contribution in [0.5, 0.6) is 0 Å². The van der Waals surface area contributed by atoms with Crippen LogP contribution in [0.1, 0.15) is 24.6 Å². The van der Waals surface area contributed by atoms with E-state index in [-0.39, 0.29) is 17.9 Å². The van der Waals surface area contributed by atoms with Gasteiger partial charge in [0.2, 0.25) is 0 Å². The number of carbonyl (C=O) groups excluding carboxylic acids is 2. The van der Waals surface area contributed by atoms with E-state index in [4.69, 9.17) is 4.42 Å². The van der Waals surface area contributed by atoms with Crippen LogP contribution in [0.25, 0.3) is 0 Å². The lowest BCUT2D eigenvalue weighted by Crippen LogP contribution is -3.15. The Bertz CT molecular complexity index is 828. The largest absolute Gasteiger partial charge is 0.463 e. The fraction of sp³-hybridized carbons (Fsp3) is 0.429. The van der Waals surface area contributed by atoms with E-state index >= 15 is 0 Å². The van der Waals surface area contributed by atoms with Crippen molar-refractivity contribution in [2.75, 3.05) is 37.6 Å². The van der Waals surface area contributed by atoms with Crippen molar-refractivity contribution >= 4 is 17.5 Å². The van der Waals surface area contributed by atoms with Gasteiger partial charge in [-0.3, -0.25) is 9.59 Å². The summed E-state index contributed by atoms with van der Waals surface area (Å²) in [6, 6.07) is 10.4. The predicted octanol–water partition coefficient (Wildman–Crippen LogP) is 0.260. The van der Waals surface area contributed by atoms with E-state index in [0.717, 1.165) is 50.5 Å². The van der Waals surface area contributed by atoms with Crippen LogP contribution in [0.4, 0.5) is 10.1 Å². The highest BCUT2D eigenvalue weighted by molar-refractivity contribution is 6.35. The fourth-order valence-corrected chi connectivity index (χ4v) is 3.74. The Labute approximate surface area is 168 Å². The van der Waals surface area contributed by atoms with E-state index in [0.29, 0.717) is 6.54 Å². The summed E-state index contributed by atoms with van der Waals surface area (Å²) in [6.07, 6.45) is 3.51. The first kappa shape index (κ1) is 19.4. The topological polar surface area (TPSA) is 79.0 Å². The number of hydrogen-bond donors (Lipinski definition) is 3. The minimum Gasteiger partial charge on any atom is -0.463 e. The van der Waals surface area contributed by atoms with E-state index in [2.05, 4.69) is 15.5 Å². The van der Waals surface area contributed by atoms with Crippen LogP contribution in [0.2, 0.25) is 0 Å². The Kier molecular flexibility index (Phi) is 5.80. The number of nitrogens with one attached hydrogen (secondary N) is 3. The maximum absolute atomic E-state index is 13.2. The lowest BCUT2D eigenvalue weighted by atomic mass is 10.1. The molecule has 1 atom stereocenters. The summed E-state index contributed by atoms with van der Waals surface area (Å²) in [7, 11) is 0. The molecule has 1 aromatic heterocycles. The Morgan fingerprint density at radius 2 is 1.86 bits per heavy atom. The molecule has 2 fully saturated rings. The number of quaternary nitrogens is 1. The fourth-order valence-electron chi connectivity index (χ4n) is 3.74. The molecule has 154 valence electrons. The van der Waals surface area contributed by atoms with Crippen molar-refractivity contribution < 1.29 is 23.3 Å². The van der Waals surface area contributed by atoms with Gasteiger partial charge in [0.25, 0.3) is 0 Å². The summed E-state index contributed by atoms with van der Waals surface area (Å²) in [5.41, 5.74) is 1.00. The molecule has 0 bridgehead atoms. The van der Waals surface area contributed by atoms with Crippen molar-refractivity contribution in [2.45, 2.75) is 24.9 Å². The first-order chi connectivity index (χ1) is 14.1. The molecule has 2 aromatic rings. The molecule has 1 aliphatic carbocycles. The third-order valence-electron chi connectivity index (χ3n) is 5.56. The molecule has 0 unspecified atom stereocenters. The average Bonchev–Trinajstić information content (AvgIpc) is 3.39. The van der Waals surface area contributed by atoms with Crippen LogP contribution in [-0.2, 0) is 9.59 Å². The Balaban J connectivity index is 1.35. The van der Waals surface area contributed by atoms with Crippen LogP contribution in [0.3, 0.4) is 0 Å². The smallest absolute Gasteiger partial charge is 0.309 e. The average molecular weight is 401 g/mol. The van der Waals surface area contributed by atoms with Crippen molar-refractivity contribution in [1.82, 2.24) is 10.6 Å². The number of nitrogens with zero attached hydrogens (tertiary/aromatic N) is 1. The Morgan fingerprint density at radius 1 is 1.14 bits per heavy atom. The molecule has 1 saturated carbocycles. The van der Waals surface area contributed by atoms with Crippen molar-refractivity contribution in [1.29, 1.82) is 0 Å². The van der Waals surface area contributed by atoms with Crippen molar-refractivity contribution in [3.63, 3.8) is 0 Å². The third-order valence-corrected chi connectivity index (χ3v) is 5.56. The summed E-state index contributed by atoms with van der Waals surface area (Å²) < 4.78 is 18.8. The molecule has 2 aliphatic rings. The molecule has 3 N–H and O–H groups in total. The number of halogens is 1. The van der Waals surface area contributed by atoms with Gasteiger partial charge in [0, 0.05) is 11.7 Å². The Morgan fingerprint density at radius 3 is 2.48 bits per heavy atom. The highest BCUT2D eigenvalue weighted by Gasteiger charge is 2.32. The molecular weight excluding hydrogens is 375 g/mol. The molecule has 2 heterocycles.